The lowest BCUT2D eigenvalue weighted by atomic mass is 9.95. The lowest BCUT2D eigenvalue weighted by Crippen LogP contribution is -1.82. The number of fused-ring (bicyclic) bond motifs is 9. The first-order valence-corrected chi connectivity index (χ1v) is 19.4. The summed E-state index contributed by atoms with van der Waals surface area (Å²) in [6, 6.07) is 33.0. The van der Waals surface area contributed by atoms with Gasteiger partial charge in [-0.1, -0.05) is 82.3 Å². The van der Waals surface area contributed by atoms with Gasteiger partial charge in [0, 0.05) is 49.4 Å². The molecule has 44 heavy (non-hydrogen) atoms. The van der Waals surface area contributed by atoms with E-state index >= 15 is 0 Å². The molecule has 0 unspecified atom stereocenters. The van der Waals surface area contributed by atoms with Crippen LogP contribution in [0.5, 0.6) is 0 Å². The third-order valence-corrected chi connectivity index (χ3v) is 14.1. The number of aryl methyl sites for hydroxylation is 2. The standard InChI is InChI=1S/C40H36S4/c1-3-5-6-7-8-9-10-26-12-20-38(42-26)40-24-34-32-16-14-27-28(30(32)18-22-36(34)44-40)13-15-31-29(27)17-21-35-33(31)23-39(43-35)37-19-11-25(4-2)41-37/h11-24H,3-10H2,1-2H3. The molecule has 0 aliphatic carbocycles. The summed E-state index contributed by atoms with van der Waals surface area (Å²) in [5, 5.41) is 10.9. The largest absolute Gasteiger partial charge is 0.139 e. The molecule has 0 radical (unpaired) electrons. The van der Waals surface area contributed by atoms with Gasteiger partial charge >= 0.3 is 0 Å². The first kappa shape index (κ1) is 28.5. The molecule has 0 saturated heterocycles. The van der Waals surface area contributed by atoms with Crippen molar-refractivity contribution in [3.8, 4) is 19.5 Å². The third-order valence-electron chi connectivity index (χ3n) is 9.12. The zero-order chi connectivity index (χ0) is 29.6. The minimum Gasteiger partial charge on any atom is -0.139 e. The lowest BCUT2D eigenvalue weighted by molar-refractivity contribution is 0.609. The number of hydrogen-bond acceptors (Lipinski definition) is 4. The molecule has 8 aromatic rings. The Hall–Kier alpha value is -3.02. The van der Waals surface area contributed by atoms with Crippen LogP contribution in [0.3, 0.4) is 0 Å². The summed E-state index contributed by atoms with van der Waals surface area (Å²) in [6.45, 7) is 4.53. The van der Waals surface area contributed by atoms with E-state index in [1.165, 1.54) is 127 Å². The summed E-state index contributed by atoms with van der Waals surface area (Å²) < 4.78 is 2.75. The predicted molar refractivity (Wildman–Crippen MR) is 203 cm³/mol. The normalized spacial score (nSPS) is 12.1. The molecule has 8 rings (SSSR count). The molecule has 4 heterocycles. The van der Waals surface area contributed by atoms with Gasteiger partial charge in [0.1, 0.15) is 0 Å². The highest BCUT2D eigenvalue weighted by atomic mass is 32.1. The first-order chi connectivity index (χ1) is 21.7. The summed E-state index contributed by atoms with van der Waals surface area (Å²) in [5.41, 5.74) is 0. The average molecular weight is 645 g/mol. The van der Waals surface area contributed by atoms with Crippen molar-refractivity contribution in [3.05, 3.63) is 94.7 Å². The van der Waals surface area contributed by atoms with Crippen LogP contribution < -0.4 is 0 Å². The fourth-order valence-corrected chi connectivity index (χ4v) is 11.1. The minimum absolute atomic E-state index is 1.10. The maximum absolute atomic E-state index is 2.44. The maximum atomic E-state index is 2.44. The van der Waals surface area contributed by atoms with E-state index in [1.54, 1.807) is 0 Å². The van der Waals surface area contributed by atoms with Gasteiger partial charge in [-0.2, -0.15) is 0 Å². The average Bonchev–Trinajstić information content (AvgIpc) is 3.87. The van der Waals surface area contributed by atoms with Gasteiger partial charge in [-0.05, 0) is 100 Å². The minimum atomic E-state index is 1.10. The summed E-state index contributed by atoms with van der Waals surface area (Å²) in [5.74, 6) is 0. The van der Waals surface area contributed by atoms with Crippen molar-refractivity contribution in [2.24, 2.45) is 0 Å². The van der Waals surface area contributed by atoms with Gasteiger partial charge in [0.25, 0.3) is 0 Å². The SMILES string of the molecule is CCCCCCCCc1ccc(-c2cc3c(ccc4c3ccc3c5ccc6sc(-c7ccc(CC)s7)cc6c5ccc43)s2)s1. The Bertz CT molecular complexity index is 2270. The van der Waals surface area contributed by atoms with Crippen molar-refractivity contribution < 1.29 is 0 Å². The molecule has 4 aromatic carbocycles. The second-order valence-electron chi connectivity index (χ2n) is 12.0. The summed E-state index contributed by atoms with van der Waals surface area (Å²) in [4.78, 5) is 8.57. The van der Waals surface area contributed by atoms with Crippen molar-refractivity contribution in [3.63, 3.8) is 0 Å². The molecule has 220 valence electrons. The molecule has 0 fully saturated rings. The first-order valence-electron chi connectivity index (χ1n) is 16.1. The molecule has 0 atom stereocenters. The van der Waals surface area contributed by atoms with E-state index in [-0.39, 0.29) is 0 Å². The molecule has 0 aliphatic heterocycles. The van der Waals surface area contributed by atoms with Crippen LogP contribution in [0.2, 0.25) is 0 Å². The van der Waals surface area contributed by atoms with Crippen LogP contribution >= 0.6 is 45.3 Å². The van der Waals surface area contributed by atoms with Gasteiger partial charge in [-0.25, -0.2) is 0 Å². The molecular weight excluding hydrogens is 609 g/mol. The van der Waals surface area contributed by atoms with Crippen LogP contribution in [-0.4, -0.2) is 0 Å². The van der Waals surface area contributed by atoms with Crippen LogP contribution in [0.25, 0.3) is 72.0 Å². The molecule has 0 saturated carbocycles. The summed E-state index contributed by atoms with van der Waals surface area (Å²) in [6.07, 6.45) is 10.5. The number of rotatable bonds is 10. The molecule has 0 nitrogen and oxygen atoms in total. The van der Waals surface area contributed by atoms with E-state index in [0.29, 0.717) is 0 Å². The number of benzene rings is 4. The molecule has 0 aliphatic rings. The van der Waals surface area contributed by atoms with Crippen LogP contribution in [0, 0.1) is 0 Å². The third kappa shape index (κ3) is 5.10. The van der Waals surface area contributed by atoms with Crippen molar-refractivity contribution in [2.45, 2.75) is 65.2 Å². The van der Waals surface area contributed by atoms with Gasteiger partial charge < -0.3 is 0 Å². The Balaban J connectivity index is 1.13. The van der Waals surface area contributed by atoms with Crippen molar-refractivity contribution >= 4 is 97.8 Å². The lowest BCUT2D eigenvalue weighted by Gasteiger charge is -2.09. The Morgan fingerprint density at radius 1 is 0.386 bits per heavy atom. The van der Waals surface area contributed by atoms with Gasteiger partial charge in [0.15, 0.2) is 0 Å². The molecule has 0 amide bonds. The molecule has 4 heteroatoms. The highest BCUT2D eigenvalue weighted by molar-refractivity contribution is 7.26. The van der Waals surface area contributed by atoms with Gasteiger partial charge in [0.05, 0.1) is 0 Å². The number of unbranched alkanes of at least 4 members (excludes halogenated alkanes) is 5. The highest BCUT2D eigenvalue weighted by Crippen LogP contribution is 2.44. The molecule has 0 bridgehead atoms. The van der Waals surface area contributed by atoms with Gasteiger partial charge in [0.2, 0.25) is 0 Å². The Kier molecular flexibility index (Phi) is 7.80. The van der Waals surface area contributed by atoms with E-state index < -0.39 is 0 Å². The zero-order valence-corrected chi connectivity index (χ0v) is 28.6. The van der Waals surface area contributed by atoms with E-state index in [4.69, 9.17) is 0 Å². The molecule has 0 spiro atoms. The van der Waals surface area contributed by atoms with Crippen molar-refractivity contribution in [1.82, 2.24) is 0 Å². The number of thiophene rings is 4. The second kappa shape index (κ2) is 12.1. The topological polar surface area (TPSA) is 0 Å². The Morgan fingerprint density at radius 2 is 0.841 bits per heavy atom. The van der Waals surface area contributed by atoms with Crippen molar-refractivity contribution in [1.29, 1.82) is 0 Å². The van der Waals surface area contributed by atoms with Gasteiger partial charge in [-0.15, -0.1) is 45.3 Å². The molecular formula is C40H36S4. The fraction of sp³-hybridized carbons (Fsp3) is 0.250. The predicted octanol–water partition coefficient (Wildman–Crippen LogP) is 14.5. The maximum Gasteiger partial charge on any atom is 0.0455 e. The van der Waals surface area contributed by atoms with Crippen LogP contribution in [0.4, 0.5) is 0 Å². The monoisotopic (exact) mass is 644 g/mol. The quantitative estimate of drug-likeness (QED) is 0.103. The zero-order valence-electron chi connectivity index (χ0n) is 25.4. The molecule has 0 N–H and O–H groups in total. The van der Waals surface area contributed by atoms with Crippen LogP contribution in [-0.2, 0) is 12.8 Å². The van der Waals surface area contributed by atoms with Crippen LogP contribution in [0.15, 0.2) is 84.9 Å². The Morgan fingerprint density at radius 3 is 1.36 bits per heavy atom. The highest BCUT2D eigenvalue weighted by Gasteiger charge is 2.14. The van der Waals surface area contributed by atoms with E-state index in [2.05, 4.69) is 98.8 Å². The summed E-state index contributed by atoms with van der Waals surface area (Å²) in [7, 11) is 0. The summed E-state index contributed by atoms with van der Waals surface area (Å²) >= 11 is 7.79. The van der Waals surface area contributed by atoms with E-state index in [0.717, 1.165) is 6.42 Å². The van der Waals surface area contributed by atoms with E-state index in [9.17, 15) is 0 Å². The molecule has 4 aromatic heterocycles. The number of hydrogen-bond donors (Lipinski definition) is 0. The fourth-order valence-electron chi connectivity index (χ4n) is 6.75. The van der Waals surface area contributed by atoms with Gasteiger partial charge in [-0.3, -0.25) is 0 Å². The Labute approximate surface area is 275 Å². The second-order valence-corrected chi connectivity index (χ2v) is 16.5. The van der Waals surface area contributed by atoms with E-state index in [1.807, 2.05) is 45.3 Å². The van der Waals surface area contributed by atoms with Crippen LogP contribution in [0.1, 0.15) is 62.1 Å². The van der Waals surface area contributed by atoms with Crippen molar-refractivity contribution in [2.75, 3.05) is 0 Å². The smallest absolute Gasteiger partial charge is 0.0455 e.